The lowest BCUT2D eigenvalue weighted by Crippen LogP contribution is -2.19. The molecular formula is C20H30O2. The van der Waals surface area contributed by atoms with E-state index in [1.165, 1.54) is 16.7 Å². The average Bonchev–Trinajstić information content (AvgIpc) is 3.15. The Hall–Kier alpha value is -1.31. The van der Waals surface area contributed by atoms with E-state index >= 15 is 0 Å². The van der Waals surface area contributed by atoms with E-state index in [9.17, 15) is 4.79 Å². The molecule has 1 fully saturated rings. The van der Waals surface area contributed by atoms with Gasteiger partial charge in [0.25, 0.3) is 0 Å². The topological polar surface area (TPSA) is 26.3 Å². The van der Waals surface area contributed by atoms with E-state index in [0.717, 1.165) is 18.5 Å². The molecule has 1 aromatic rings. The Labute approximate surface area is 135 Å². The summed E-state index contributed by atoms with van der Waals surface area (Å²) in [5.41, 5.74) is 3.92. The first-order valence-corrected chi connectivity index (χ1v) is 8.36. The van der Waals surface area contributed by atoms with Gasteiger partial charge < -0.3 is 9.53 Å². The number of hydrogen-bond donors (Lipinski definition) is 0. The van der Waals surface area contributed by atoms with Crippen LogP contribution < -0.4 is 4.74 Å². The lowest BCUT2D eigenvalue weighted by atomic mass is 9.78. The monoisotopic (exact) mass is 302 g/mol. The third kappa shape index (κ3) is 3.37. The third-order valence-electron chi connectivity index (χ3n) is 4.49. The van der Waals surface area contributed by atoms with Crippen molar-refractivity contribution in [3.63, 3.8) is 0 Å². The van der Waals surface area contributed by atoms with Crippen LogP contribution in [0, 0.1) is 5.92 Å². The molecule has 0 N–H and O–H groups in total. The zero-order valence-corrected chi connectivity index (χ0v) is 15.1. The van der Waals surface area contributed by atoms with E-state index < -0.39 is 0 Å². The molecule has 2 nitrogen and oxygen atoms in total. The van der Waals surface area contributed by atoms with Crippen molar-refractivity contribution in [2.75, 3.05) is 6.61 Å². The Morgan fingerprint density at radius 3 is 2.18 bits per heavy atom. The van der Waals surface area contributed by atoms with Crippen LogP contribution in [0.25, 0.3) is 0 Å². The summed E-state index contributed by atoms with van der Waals surface area (Å²) in [4.78, 5) is 11.1. The Morgan fingerprint density at radius 1 is 1.14 bits per heavy atom. The van der Waals surface area contributed by atoms with Crippen molar-refractivity contribution in [3.8, 4) is 5.75 Å². The van der Waals surface area contributed by atoms with Crippen molar-refractivity contribution in [2.45, 2.75) is 71.6 Å². The van der Waals surface area contributed by atoms with Gasteiger partial charge in [-0.1, -0.05) is 53.7 Å². The van der Waals surface area contributed by atoms with Crippen LogP contribution >= 0.6 is 0 Å². The number of benzene rings is 1. The summed E-state index contributed by atoms with van der Waals surface area (Å²) in [5.74, 6) is 1.52. The Bertz CT molecular complexity index is 558. The van der Waals surface area contributed by atoms with Crippen molar-refractivity contribution in [2.24, 2.45) is 5.92 Å². The number of aldehydes is 1. The van der Waals surface area contributed by atoms with Gasteiger partial charge in [0.15, 0.2) is 0 Å². The average molecular weight is 302 g/mol. The van der Waals surface area contributed by atoms with E-state index in [1.54, 1.807) is 0 Å². The van der Waals surface area contributed by atoms with E-state index in [1.807, 2.05) is 6.92 Å². The molecule has 0 saturated heterocycles. The lowest BCUT2D eigenvalue weighted by molar-refractivity contribution is -0.108. The summed E-state index contributed by atoms with van der Waals surface area (Å²) < 4.78 is 6.04. The van der Waals surface area contributed by atoms with Crippen LogP contribution in [0.3, 0.4) is 0 Å². The molecular weight excluding hydrogens is 272 g/mol. The minimum Gasteiger partial charge on any atom is -0.493 e. The fourth-order valence-electron chi connectivity index (χ4n) is 2.94. The molecule has 22 heavy (non-hydrogen) atoms. The van der Waals surface area contributed by atoms with Gasteiger partial charge in [0.05, 0.1) is 6.61 Å². The highest BCUT2D eigenvalue weighted by atomic mass is 16.5. The van der Waals surface area contributed by atoms with Gasteiger partial charge in [-0.05, 0) is 41.2 Å². The van der Waals surface area contributed by atoms with Crippen LogP contribution in [-0.2, 0) is 15.6 Å². The number of hydrogen-bond acceptors (Lipinski definition) is 2. The fourth-order valence-corrected chi connectivity index (χ4v) is 2.94. The highest BCUT2D eigenvalue weighted by Crippen LogP contribution is 2.52. The van der Waals surface area contributed by atoms with Crippen LogP contribution in [-0.4, -0.2) is 12.9 Å². The maximum Gasteiger partial charge on any atom is 0.126 e. The fraction of sp³-hybridized carbons (Fsp3) is 0.650. The first kappa shape index (κ1) is 17.1. The molecule has 122 valence electrons. The predicted octanol–water partition coefficient (Wildman–Crippen LogP) is 4.98. The maximum absolute atomic E-state index is 11.1. The first-order chi connectivity index (χ1) is 10.1. The minimum absolute atomic E-state index is 0.0199. The van der Waals surface area contributed by atoms with Crippen molar-refractivity contribution in [3.05, 3.63) is 28.8 Å². The van der Waals surface area contributed by atoms with Gasteiger partial charge in [-0.3, -0.25) is 0 Å². The number of ether oxygens (including phenoxy) is 1. The largest absolute Gasteiger partial charge is 0.493 e. The summed E-state index contributed by atoms with van der Waals surface area (Å²) in [7, 11) is 0. The highest BCUT2D eigenvalue weighted by molar-refractivity contribution is 5.64. The van der Waals surface area contributed by atoms with Gasteiger partial charge in [-0.2, -0.15) is 0 Å². The van der Waals surface area contributed by atoms with Gasteiger partial charge in [0.2, 0.25) is 0 Å². The second-order valence-corrected chi connectivity index (χ2v) is 8.52. The van der Waals surface area contributed by atoms with Crippen molar-refractivity contribution >= 4 is 6.29 Å². The Balaban J connectivity index is 2.65. The van der Waals surface area contributed by atoms with E-state index in [-0.39, 0.29) is 16.7 Å². The summed E-state index contributed by atoms with van der Waals surface area (Å²) in [6.07, 6.45) is 2.06. The third-order valence-corrected chi connectivity index (χ3v) is 4.49. The SMILES string of the molecule is CCOc1c(C2CC2C=O)cc(C(C)(C)C)cc1C(C)(C)C. The van der Waals surface area contributed by atoms with Crippen molar-refractivity contribution < 1.29 is 9.53 Å². The van der Waals surface area contributed by atoms with Crippen LogP contribution in [0.5, 0.6) is 5.75 Å². The smallest absolute Gasteiger partial charge is 0.126 e. The summed E-state index contributed by atoms with van der Waals surface area (Å²) in [5, 5.41) is 0. The molecule has 0 aliphatic heterocycles. The van der Waals surface area contributed by atoms with Gasteiger partial charge in [0.1, 0.15) is 12.0 Å². The summed E-state index contributed by atoms with van der Waals surface area (Å²) in [6, 6.07) is 4.57. The molecule has 1 aliphatic rings. The van der Waals surface area contributed by atoms with E-state index in [2.05, 4.69) is 53.7 Å². The Morgan fingerprint density at radius 2 is 1.77 bits per heavy atom. The lowest BCUT2D eigenvalue weighted by Gasteiger charge is -2.29. The van der Waals surface area contributed by atoms with Crippen molar-refractivity contribution in [1.82, 2.24) is 0 Å². The van der Waals surface area contributed by atoms with Gasteiger partial charge >= 0.3 is 0 Å². The Kier molecular flexibility index (Phi) is 4.43. The molecule has 0 spiro atoms. The molecule has 1 aliphatic carbocycles. The van der Waals surface area contributed by atoms with Crippen LogP contribution in [0.15, 0.2) is 12.1 Å². The molecule has 0 amide bonds. The molecule has 0 radical (unpaired) electrons. The number of carbonyl (C=O) groups is 1. The maximum atomic E-state index is 11.1. The summed E-state index contributed by atoms with van der Waals surface area (Å²) in [6.45, 7) is 16.1. The molecule has 2 heteroatoms. The van der Waals surface area contributed by atoms with E-state index in [0.29, 0.717) is 12.5 Å². The zero-order chi connectivity index (χ0) is 16.7. The molecule has 1 aromatic carbocycles. The van der Waals surface area contributed by atoms with Crippen LogP contribution in [0.2, 0.25) is 0 Å². The molecule has 2 atom stereocenters. The van der Waals surface area contributed by atoms with E-state index in [4.69, 9.17) is 4.74 Å². The van der Waals surface area contributed by atoms with Gasteiger partial charge in [-0.25, -0.2) is 0 Å². The number of rotatable bonds is 4. The minimum atomic E-state index is 0.0199. The standard InChI is InChI=1S/C20H30O2/c1-8-22-18-16(15-9-13(15)12-21)10-14(19(2,3)4)11-17(18)20(5,6)7/h10-13,15H,8-9H2,1-7H3. The number of carbonyl (C=O) groups excluding carboxylic acids is 1. The molecule has 2 unspecified atom stereocenters. The molecule has 0 aromatic heterocycles. The van der Waals surface area contributed by atoms with Gasteiger partial charge in [-0.15, -0.1) is 0 Å². The van der Waals surface area contributed by atoms with Crippen LogP contribution in [0.1, 0.15) is 77.5 Å². The first-order valence-electron chi connectivity index (χ1n) is 8.36. The second kappa shape index (κ2) is 5.72. The zero-order valence-electron chi connectivity index (χ0n) is 15.1. The molecule has 1 saturated carbocycles. The van der Waals surface area contributed by atoms with Gasteiger partial charge in [0, 0.05) is 11.5 Å². The predicted molar refractivity (Wildman–Crippen MR) is 91.9 cm³/mol. The normalized spacial score (nSPS) is 21.6. The quantitative estimate of drug-likeness (QED) is 0.733. The summed E-state index contributed by atoms with van der Waals surface area (Å²) >= 11 is 0. The second-order valence-electron chi connectivity index (χ2n) is 8.52. The van der Waals surface area contributed by atoms with Crippen LogP contribution in [0.4, 0.5) is 0 Å². The molecule has 0 heterocycles. The molecule has 0 bridgehead atoms. The highest BCUT2D eigenvalue weighted by Gasteiger charge is 2.41. The van der Waals surface area contributed by atoms with Crippen molar-refractivity contribution in [1.29, 1.82) is 0 Å². The molecule has 2 rings (SSSR count).